The fourth-order valence-corrected chi connectivity index (χ4v) is 4.31. The molecule has 0 spiro atoms. The van der Waals surface area contributed by atoms with E-state index in [4.69, 9.17) is 16.3 Å². The number of amides is 1. The fraction of sp³-hybridized carbons (Fsp3) is 0.211. The lowest BCUT2D eigenvalue weighted by Gasteiger charge is -2.28. The lowest BCUT2D eigenvalue weighted by atomic mass is 10.1. The van der Waals surface area contributed by atoms with Crippen LogP contribution in [-0.4, -0.2) is 33.2 Å². The van der Waals surface area contributed by atoms with Crippen LogP contribution in [0, 0.1) is 6.92 Å². The van der Waals surface area contributed by atoms with Crippen molar-refractivity contribution in [3.05, 3.63) is 70.1 Å². The van der Waals surface area contributed by atoms with Gasteiger partial charge in [0.25, 0.3) is 5.91 Å². The van der Waals surface area contributed by atoms with Crippen LogP contribution in [0.4, 0.5) is 5.69 Å². The summed E-state index contributed by atoms with van der Waals surface area (Å²) in [6.07, 6.45) is 1.52. The zero-order valence-corrected chi connectivity index (χ0v) is 15.9. The minimum absolute atomic E-state index is 0.167. The summed E-state index contributed by atoms with van der Waals surface area (Å²) >= 11 is 6.23. The first kappa shape index (κ1) is 18.5. The number of para-hydroxylation sites is 1. The van der Waals surface area contributed by atoms with Crippen LogP contribution >= 0.6 is 11.6 Å². The van der Waals surface area contributed by atoms with E-state index in [1.54, 1.807) is 42.5 Å². The van der Waals surface area contributed by atoms with Gasteiger partial charge in [0.2, 0.25) is 0 Å². The van der Waals surface area contributed by atoms with Crippen molar-refractivity contribution in [3.63, 3.8) is 0 Å². The molecule has 0 fully saturated rings. The minimum atomic E-state index is -3.34. The number of rotatable bonds is 4. The van der Waals surface area contributed by atoms with Crippen molar-refractivity contribution >= 4 is 33.0 Å². The molecule has 136 valence electrons. The Kier molecular flexibility index (Phi) is 5.07. The van der Waals surface area contributed by atoms with Crippen LogP contribution in [-0.2, 0) is 9.84 Å². The first-order valence-electron chi connectivity index (χ1n) is 7.96. The number of carbonyl (C=O) groups excluding carboxylic acids is 1. The molecule has 2 aromatic carbocycles. The number of hydrogen-bond acceptors (Lipinski definition) is 4. The maximum Gasteiger partial charge on any atom is 0.262 e. The molecule has 1 aliphatic rings. The summed E-state index contributed by atoms with van der Waals surface area (Å²) in [5, 5.41) is 1.65. The highest BCUT2D eigenvalue weighted by Gasteiger charge is 2.33. The van der Waals surface area contributed by atoms with Gasteiger partial charge in [0.1, 0.15) is 5.75 Å². The number of nitrogens with zero attached hydrogens (tertiary/aromatic N) is 1. The highest BCUT2D eigenvalue weighted by molar-refractivity contribution is 7.94. The third-order valence-electron chi connectivity index (χ3n) is 4.23. The predicted octanol–water partition coefficient (Wildman–Crippen LogP) is 3.61. The van der Waals surface area contributed by atoms with Crippen molar-refractivity contribution in [2.45, 2.75) is 13.0 Å². The lowest BCUT2D eigenvalue weighted by Crippen LogP contribution is -2.41. The summed E-state index contributed by atoms with van der Waals surface area (Å²) < 4.78 is 29.1. The van der Waals surface area contributed by atoms with Crippen molar-refractivity contribution in [1.82, 2.24) is 0 Å². The number of carbonyl (C=O) groups is 1. The van der Waals surface area contributed by atoms with Crippen LogP contribution in [0.3, 0.4) is 0 Å². The van der Waals surface area contributed by atoms with Gasteiger partial charge < -0.3 is 9.64 Å². The molecule has 1 aliphatic heterocycles. The molecule has 5 nitrogen and oxygen atoms in total. The molecule has 0 radical (unpaired) electrons. The quantitative estimate of drug-likeness (QED) is 0.798. The third kappa shape index (κ3) is 3.61. The number of aryl methyl sites for hydroxylation is 1. The second-order valence-electron chi connectivity index (χ2n) is 6.03. The average Bonchev–Trinajstić information content (AvgIpc) is 2.97. The molecule has 3 rings (SSSR count). The number of ether oxygens (including phenoxy) is 1. The molecule has 7 heteroatoms. The monoisotopic (exact) mass is 391 g/mol. The molecular formula is C19H18ClNO4S. The second-order valence-corrected chi connectivity index (χ2v) is 8.37. The zero-order chi connectivity index (χ0) is 18.9. The molecule has 1 heterocycles. The van der Waals surface area contributed by atoms with Gasteiger partial charge in [-0.05, 0) is 42.8 Å². The Balaban J connectivity index is 2.10. The van der Waals surface area contributed by atoms with E-state index in [1.165, 1.54) is 18.1 Å². The molecule has 2 aromatic rings. The Morgan fingerprint density at radius 1 is 1.23 bits per heavy atom. The van der Waals surface area contributed by atoms with Crippen LogP contribution in [0.15, 0.2) is 53.9 Å². The SMILES string of the molecule is COc1ccccc1C(=O)N(c1ccc(C)c(Cl)c1)C1C=CS(=O)(=O)C1. The molecule has 26 heavy (non-hydrogen) atoms. The summed E-state index contributed by atoms with van der Waals surface area (Å²) in [7, 11) is -1.85. The summed E-state index contributed by atoms with van der Waals surface area (Å²) in [6.45, 7) is 1.86. The van der Waals surface area contributed by atoms with Crippen LogP contribution < -0.4 is 9.64 Å². The fourth-order valence-electron chi connectivity index (χ4n) is 2.86. The summed E-state index contributed by atoms with van der Waals surface area (Å²) in [5.74, 6) is -0.0981. The highest BCUT2D eigenvalue weighted by atomic mass is 35.5. The molecule has 0 saturated heterocycles. The van der Waals surface area contributed by atoms with E-state index >= 15 is 0 Å². The lowest BCUT2D eigenvalue weighted by molar-refractivity contribution is 0.0980. The number of benzene rings is 2. The second kappa shape index (κ2) is 7.13. The summed E-state index contributed by atoms with van der Waals surface area (Å²) in [5.41, 5.74) is 1.75. The van der Waals surface area contributed by atoms with Crippen LogP contribution in [0.2, 0.25) is 5.02 Å². The van der Waals surface area contributed by atoms with Crippen LogP contribution in [0.1, 0.15) is 15.9 Å². The Morgan fingerprint density at radius 2 is 1.96 bits per heavy atom. The third-order valence-corrected chi connectivity index (χ3v) is 6.02. The highest BCUT2D eigenvalue weighted by Crippen LogP contribution is 2.30. The van der Waals surface area contributed by atoms with E-state index in [0.29, 0.717) is 22.0 Å². The van der Waals surface area contributed by atoms with Crippen LogP contribution in [0.5, 0.6) is 5.75 Å². The zero-order valence-electron chi connectivity index (χ0n) is 14.3. The van der Waals surface area contributed by atoms with Gasteiger partial charge in [0.05, 0.1) is 24.5 Å². The molecule has 0 aromatic heterocycles. The van der Waals surface area contributed by atoms with Crippen molar-refractivity contribution in [3.8, 4) is 5.75 Å². The van der Waals surface area contributed by atoms with Crippen molar-refractivity contribution in [1.29, 1.82) is 0 Å². The van der Waals surface area contributed by atoms with Gasteiger partial charge in [-0.2, -0.15) is 0 Å². The molecule has 0 N–H and O–H groups in total. The molecule has 0 saturated carbocycles. The molecule has 1 amide bonds. The van der Waals surface area contributed by atoms with Gasteiger partial charge in [-0.1, -0.05) is 29.8 Å². The first-order chi connectivity index (χ1) is 12.3. The van der Waals surface area contributed by atoms with Gasteiger partial charge in [-0.15, -0.1) is 0 Å². The normalized spacial score (nSPS) is 17.9. The minimum Gasteiger partial charge on any atom is -0.496 e. The summed E-state index contributed by atoms with van der Waals surface area (Å²) in [6, 6.07) is 11.5. The van der Waals surface area contributed by atoms with E-state index in [2.05, 4.69) is 0 Å². The Hall–Kier alpha value is -2.31. The molecule has 1 unspecified atom stereocenters. The maximum atomic E-state index is 13.3. The van der Waals surface area contributed by atoms with E-state index in [9.17, 15) is 13.2 Å². The van der Waals surface area contributed by atoms with E-state index in [0.717, 1.165) is 11.0 Å². The van der Waals surface area contributed by atoms with E-state index in [-0.39, 0.29) is 11.7 Å². The van der Waals surface area contributed by atoms with Gasteiger partial charge >= 0.3 is 0 Å². The van der Waals surface area contributed by atoms with Crippen molar-refractivity contribution in [2.24, 2.45) is 0 Å². The predicted molar refractivity (Wildman–Crippen MR) is 103 cm³/mol. The molecule has 0 aliphatic carbocycles. The molecule has 1 atom stereocenters. The number of anilines is 1. The van der Waals surface area contributed by atoms with E-state index in [1.807, 2.05) is 6.92 Å². The standard InChI is InChI=1S/C19H18ClNO4S/c1-13-7-8-14(11-17(13)20)21(15-9-10-26(23,24)12-15)19(22)16-5-3-4-6-18(16)25-2/h3-11,15H,12H2,1-2H3. The Labute approximate surface area is 157 Å². The van der Waals surface area contributed by atoms with E-state index < -0.39 is 15.9 Å². The number of halogens is 1. The van der Waals surface area contributed by atoms with Crippen LogP contribution in [0.25, 0.3) is 0 Å². The van der Waals surface area contributed by atoms with Gasteiger partial charge in [-0.25, -0.2) is 8.42 Å². The van der Waals surface area contributed by atoms with Gasteiger partial charge in [0, 0.05) is 16.1 Å². The molecule has 0 bridgehead atoms. The maximum absolute atomic E-state index is 13.3. The largest absolute Gasteiger partial charge is 0.496 e. The van der Waals surface area contributed by atoms with Crippen molar-refractivity contribution in [2.75, 3.05) is 17.8 Å². The van der Waals surface area contributed by atoms with Gasteiger partial charge in [0.15, 0.2) is 9.84 Å². The number of methoxy groups -OCH3 is 1. The number of sulfone groups is 1. The van der Waals surface area contributed by atoms with Crippen molar-refractivity contribution < 1.29 is 17.9 Å². The average molecular weight is 392 g/mol. The Bertz CT molecular complexity index is 985. The van der Waals surface area contributed by atoms with Gasteiger partial charge in [-0.3, -0.25) is 4.79 Å². The topological polar surface area (TPSA) is 63.7 Å². The smallest absolute Gasteiger partial charge is 0.262 e. The Morgan fingerprint density at radius 3 is 2.58 bits per heavy atom. The first-order valence-corrected chi connectivity index (χ1v) is 10.1. The number of hydrogen-bond donors (Lipinski definition) is 0. The molecular weight excluding hydrogens is 374 g/mol. The summed E-state index contributed by atoms with van der Waals surface area (Å²) in [4.78, 5) is 14.7.